The SMILES string of the molecule is Cc1ccc(NC(=O)c2c(NC(=O)CNCCc3ccccc3)sc3c2CC[C@H](C(C)(C)C)C3)c(C)c1. The fourth-order valence-electron chi connectivity index (χ4n) is 5.04. The van der Waals surface area contributed by atoms with E-state index in [-0.39, 0.29) is 23.8 Å². The van der Waals surface area contributed by atoms with Gasteiger partial charge in [-0.05, 0) is 80.2 Å². The number of hydrogen-bond donors (Lipinski definition) is 3. The number of carbonyl (C=O) groups is 2. The van der Waals surface area contributed by atoms with Gasteiger partial charge in [0.25, 0.3) is 5.91 Å². The van der Waals surface area contributed by atoms with Crippen molar-refractivity contribution < 1.29 is 9.59 Å². The van der Waals surface area contributed by atoms with Gasteiger partial charge in [0, 0.05) is 10.6 Å². The van der Waals surface area contributed by atoms with Gasteiger partial charge in [-0.3, -0.25) is 9.59 Å². The summed E-state index contributed by atoms with van der Waals surface area (Å²) in [6, 6.07) is 16.2. The predicted octanol–water partition coefficient (Wildman–Crippen LogP) is 6.54. The first-order chi connectivity index (χ1) is 17.6. The quantitative estimate of drug-likeness (QED) is 0.297. The average Bonchev–Trinajstić information content (AvgIpc) is 3.20. The summed E-state index contributed by atoms with van der Waals surface area (Å²) in [6.45, 7) is 11.8. The Morgan fingerprint density at radius 1 is 1.03 bits per heavy atom. The average molecular weight is 518 g/mol. The van der Waals surface area contributed by atoms with Gasteiger partial charge in [0.1, 0.15) is 5.00 Å². The summed E-state index contributed by atoms with van der Waals surface area (Å²) in [5.41, 5.74) is 6.15. The van der Waals surface area contributed by atoms with E-state index in [2.05, 4.69) is 54.9 Å². The highest BCUT2D eigenvalue weighted by Crippen LogP contribution is 2.44. The number of carbonyl (C=O) groups excluding carboxylic acids is 2. The van der Waals surface area contributed by atoms with Crippen molar-refractivity contribution in [2.75, 3.05) is 23.7 Å². The number of thiophene rings is 1. The normalized spacial score (nSPS) is 15.2. The molecule has 1 atom stereocenters. The lowest BCUT2D eigenvalue weighted by molar-refractivity contribution is -0.115. The second kappa shape index (κ2) is 11.6. The Morgan fingerprint density at radius 2 is 1.78 bits per heavy atom. The molecule has 0 saturated carbocycles. The predicted molar refractivity (Wildman–Crippen MR) is 155 cm³/mol. The number of anilines is 2. The molecule has 0 unspecified atom stereocenters. The maximum atomic E-state index is 13.6. The number of nitrogens with one attached hydrogen (secondary N) is 3. The van der Waals surface area contributed by atoms with Gasteiger partial charge in [-0.2, -0.15) is 0 Å². The largest absolute Gasteiger partial charge is 0.322 e. The van der Waals surface area contributed by atoms with Gasteiger partial charge in [-0.15, -0.1) is 11.3 Å². The van der Waals surface area contributed by atoms with Gasteiger partial charge >= 0.3 is 0 Å². The Labute approximate surface area is 225 Å². The van der Waals surface area contributed by atoms with Gasteiger partial charge in [-0.1, -0.05) is 68.8 Å². The Bertz CT molecular complexity index is 1260. The minimum atomic E-state index is -0.147. The molecule has 3 aromatic rings. The highest BCUT2D eigenvalue weighted by Gasteiger charge is 2.34. The van der Waals surface area contributed by atoms with Crippen molar-refractivity contribution in [3.05, 3.63) is 81.2 Å². The fraction of sp³-hybridized carbons (Fsp3) is 0.419. The first-order valence-corrected chi connectivity index (χ1v) is 14.0. The molecule has 0 aliphatic heterocycles. The number of fused-ring (bicyclic) bond motifs is 1. The van der Waals surface area contributed by atoms with E-state index in [9.17, 15) is 9.59 Å². The summed E-state index contributed by atoms with van der Waals surface area (Å²) < 4.78 is 0. The Balaban J connectivity index is 1.50. The van der Waals surface area contributed by atoms with Crippen molar-refractivity contribution in [2.45, 2.75) is 60.3 Å². The van der Waals surface area contributed by atoms with Crippen LogP contribution in [-0.2, 0) is 24.1 Å². The van der Waals surface area contributed by atoms with Crippen LogP contribution >= 0.6 is 11.3 Å². The molecule has 2 aromatic carbocycles. The highest BCUT2D eigenvalue weighted by molar-refractivity contribution is 7.17. The molecule has 196 valence electrons. The summed E-state index contributed by atoms with van der Waals surface area (Å²) in [4.78, 5) is 27.7. The van der Waals surface area contributed by atoms with E-state index >= 15 is 0 Å². The molecule has 0 fully saturated rings. The standard InChI is InChI=1S/C31H39N3O2S/c1-20-11-14-25(21(2)17-20)33-29(36)28-24-13-12-23(31(3,4)5)18-26(24)37-30(28)34-27(35)19-32-16-15-22-9-7-6-8-10-22/h6-11,14,17,23,32H,12-13,15-16,18-19H2,1-5H3,(H,33,36)(H,34,35)/t23-/m0/s1. The Kier molecular flexibility index (Phi) is 8.50. The zero-order chi connectivity index (χ0) is 26.6. The van der Waals surface area contributed by atoms with Crippen molar-refractivity contribution in [3.63, 3.8) is 0 Å². The van der Waals surface area contributed by atoms with E-state index < -0.39 is 0 Å². The summed E-state index contributed by atoms with van der Waals surface area (Å²) in [6.07, 6.45) is 3.71. The van der Waals surface area contributed by atoms with Crippen LogP contribution in [0.25, 0.3) is 0 Å². The van der Waals surface area contributed by atoms with Crippen molar-refractivity contribution >= 4 is 33.8 Å². The number of benzene rings is 2. The van der Waals surface area contributed by atoms with Gasteiger partial charge in [0.2, 0.25) is 5.91 Å². The third kappa shape index (κ3) is 6.88. The number of hydrogen-bond acceptors (Lipinski definition) is 4. The van der Waals surface area contributed by atoms with E-state index in [1.165, 1.54) is 10.4 Å². The molecule has 3 N–H and O–H groups in total. The maximum absolute atomic E-state index is 13.6. The summed E-state index contributed by atoms with van der Waals surface area (Å²) in [7, 11) is 0. The van der Waals surface area contributed by atoms with Crippen LogP contribution in [0, 0.1) is 25.2 Å². The molecule has 0 bridgehead atoms. The van der Waals surface area contributed by atoms with E-state index in [4.69, 9.17) is 0 Å². The lowest BCUT2D eigenvalue weighted by atomic mass is 9.72. The molecule has 1 aliphatic carbocycles. The molecule has 2 amide bonds. The molecular weight excluding hydrogens is 478 g/mol. The molecular formula is C31H39N3O2S. The summed E-state index contributed by atoms with van der Waals surface area (Å²) in [5.74, 6) is 0.280. The van der Waals surface area contributed by atoms with Crippen molar-refractivity contribution in [1.29, 1.82) is 0 Å². The molecule has 0 saturated heterocycles. The second-order valence-electron chi connectivity index (χ2n) is 11.2. The van der Waals surface area contributed by atoms with Crippen molar-refractivity contribution in [1.82, 2.24) is 5.32 Å². The minimum absolute atomic E-state index is 0.125. The van der Waals surface area contributed by atoms with Crippen LogP contribution in [0.3, 0.4) is 0 Å². The number of rotatable bonds is 8. The minimum Gasteiger partial charge on any atom is -0.322 e. The number of amides is 2. The Hall–Kier alpha value is -2.96. The molecule has 1 aromatic heterocycles. The first kappa shape index (κ1) is 27.1. The molecule has 6 heteroatoms. The molecule has 4 rings (SSSR count). The lowest BCUT2D eigenvalue weighted by Crippen LogP contribution is -2.30. The number of aryl methyl sites for hydroxylation is 2. The molecule has 5 nitrogen and oxygen atoms in total. The smallest absolute Gasteiger partial charge is 0.258 e. The van der Waals surface area contributed by atoms with Gasteiger partial charge < -0.3 is 16.0 Å². The van der Waals surface area contributed by atoms with E-state index in [1.807, 2.05) is 44.2 Å². The monoisotopic (exact) mass is 517 g/mol. The van der Waals surface area contributed by atoms with Crippen LogP contribution in [0.1, 0.15) is 64.7 Å². The van der Waals surface area contributed by atoms with Crippen LogP contribution in [-0.4, -0.2) is 24.9 Å². The molecule has 0 spiro atoms. The van der Waals surface area contributed by atoms with Crippen LogP contribution in [0.15, 0.2) is 48.5 Å². The van der Waals surface area contributed by atoms with Gasteiger partial charge in [0.15, 0.2) is 0 Å². The van der Waals surface area contributed by atoms with Crippen molar-refractivity contribution in [3.8, 4) is 0 Å². The first-order valence-electron chi connectivity index (χ1n) is 13.2. The third-order valence-electron chi connectivity index (χ3n) is 7.32. The molecule has 1 aliphatic rings. The summed E-state index contributed by atoms with van der Waals surface area (Å²) in [5, 5.41) is 10.1. The maximum Gasteiger partial charge on any atom is 0.258 e. The van der Waals surface area contributed by atoms with Crippen LogP contribution in [0.4, 0.5) is 10.7 Å². The Morgan fingerprint density at radius 3 is 2.49 bits per heavy atom. The molecule has 0 radical (unpaired) electrons. The molecule has 37 heavy (non-hydrogen) atoms. The van der Waals surface area contributed by atoms with Gasteiger partial charge in [0.05, 0.1) is 12.1 Å². The third-order valence-corrected chi connectivity index (χ3v) is 8.49. The lowest BCUT2D eigenvalue weighted by Gasteiger charge is -2.33. The zero-order valence-corrected chi connectivity index (χ0v) is 23.5. The van der Waals surface area contributed by atoms with Crippen LogP contribution in [0.5, 0.6) is 0 Å². The van der Waals surface area contributed by atoms with Gasteiger partial charge in [-0.25, -0.2) is 0 Å². The van der Waals surface area contributed by atoms with E-state index in [0.29, 0.717) is 23.0 Å². The fourth-order valence-corrected chi connectivity index (χ4v) is 6.38. The van der Waals surface area contributed by atoms with E-state index in [1.54, 1.807) is 11.3 Å². The second-order valence-corrected chi connectivity index (χ2v) is 12.4. The van der Waals surface area contributed by atoms with E-state index in [0.717, 1.165) is 48.1 Å². The zero-order valence-electron chi connectivity index (χ0n) is 22.7. The van der Waals surface area contributed by atoms with Crippen molar-refractivity contribution in [2.24, 2.45) is 11.3 Å². The highest BCUT2D eigenvalue weighted by atomic mass is 32.1. The molecule has 1 heterocycles. The summed E-state index contributed by atoms with van der Waals surface area (Å²) >= 11 is 1.57. The topological polar surface area (TPSA) is 70.2 Å². The van der Waals surface area contributed by atoms with Crippen LogP contribution in [0.2, 0.25) is 0 Å². The van der Waals surface area contributed by atoms with Crippen LogP contribution < -0.4 is 16.0 Å².